The molecule has 1 fully saturated rings. The Bertz CT molecular complexity index is 402. The van der Waals surface area contributed by atoms with Gasteiger partial charge >= 0.3 is 0 Å². The summed E-state index contributed by atoms with van der Waals surface area (Å²) in [5, 5.41) is 2.80. The predicted molar refractivity (Wildman–Crippen MR) is 62.3 cm³/mol. The lowest BCUT2D eigenvalue weighted by molar-refractivity contribution is -0.00865. The van der Waals surface area contributed by atoms with Gasteiger partial charge in [0.25, 0.3) is 5.91 Å². The van der Waals surface area contributed by atoms with Gasteiger partial charge in [0.05, 0.1) is 11.7 Å². The molecule has 1 N–H and O–H groups in total. The number of carbonyl (C=O) groups is 1. The van der Waals surface area contributed by atoms with Crippen molar-refractivity contribution in [3.63, 3.8) is 0 Å². The van der Waals surface area contributed by atoms with Crippen molar-refractivity contribution >= 4 is 5.91 Å². The van der Waals surface area contributed by atoms with Gasteiger partial charge in [-0.05, 0) is 31.9 Å². The minimum atomic E-state index is -0.481. The Balaban J connectivity index is 1.85. The number of hydrogen-bond acceptors (Lipinski definition) is 2. The first-order chi connectivity index (χ1) is 8.20. The number of rotatable bonds is 4. The molecule has 0 aromatic heterocycles. The van der Waals surface area contributed by atoms with E-state index in [0.29, 0.717) is 6.61 Å². The lowest BCUT2D eigenvalue weighted by Crippen LogP contribution is -2.48. The molecule has 0 unspecified atom stereocenters. The maximum Gasteiger partial charge on any atom is 0.254 e. The van der Waals surface area contributed by atoms with Crippen LogP contribution in [0.5, 0.6) is 0 Å². The molecule has 0 atom stereocenters. The summed E-state index contributed by atoms with van der Waals surface area (Å²) in [4.78, 5) is 11.7. The number of carbonyl (C=O) groups excluding carboxylic acids is 1. The van der Waals surface area contributed by atoms with Crippen molar-refractivity contribution in [1.82, 2.24) is 5.32 Å². The van der Waals surface area contributed by atoms with Gasteiger partial charge in [0.2, 0.25) is 0 Å². The lowest BCUT2D eigenvalue weighted by Gasteiger charge is -2.35. The molecule has 1 aliphatic carbocycles. The minimum absolute atomic E-state index is 0.104. The third-order valence-electron chi connectivity index (χ3n) is 2.95. The SMILES string of the molecule is CCOC1CC(NC(=O)c2ccccc2F)C1. The van der Waals surface area contributed by atoms with Crippen LogP contribution in [0.1, 0.15) is 30.1 Å². The average molecular weight is 237 g/mol. The molecule has 0 heterocycles. The van der Waals surface area contributed by atoms with E-state index in [1.807, 2.05) is 6.92 Å². The summed E-state index contributed by atoms with van der Waals surface area (Å²) in [6, 6.07) is 6.11. The van der Waals surface area contributed by atoms with Crippen molar-refractivity contribution in [2.45, 2.75) is 31.9 Å². The molecular weight excluding hydrogens is 221 g/mol. The predicted octanol–water partition coefficient (Wildman–Crippen LogP) is 2.12. The van der Waals surface area contributed by atoms with E-state index >= 15 is 0 Å². The number of halogens is 1. The highest BCUT2D eigenvalue weighted by Gasteiger charge is 2.31. The zero-order chi connectivity index (χ0) is 12.3. The summed E-state index contributed by atoms with van der Waals surface area (Å²) in [5.74, 6) is -0.825. The highest BCUT2D eigenvalue weighted by Crippen LogP contribution is 2.23. The van der Waals surface area contributed by atoms with Crippen LogP contribution in [0.15, 0.2) is 24.3 Å². The fourth-order valence-electron chi connectivity index (χ4n) is 1.96. The molecule has 1 aromatic rings. The van der Waals surface area contributed by atoms with Crippen molar-refractivity contribution in [2.75, 3.05) is 6.61 Å². The molecule has 4 heteroatoms. The van der Waals surface area contributed by atoms with Crippen LogP contribution < -0.4 is 5.32 Å². The normalized spacial score (nSPS) is 22.9. The summed E-state index contributed by atoms with van der Waals surface area (Å²) < 4.78 is 18.7. The lowest BCUT2D eigenvalue weighted by atomic mass is 9.89. The first-order valence-corrected chi connectivity index (χ1v) is 5.87. The van der Waals surface area contributed by atoms with Gasteiger partial charge in [-0.15, -0.1) is 0 Å². The summed E-state index contributed by atoms with van der Waals surface area (Å²) >= 11 is 0. The molecule has 1 aromatic carbocycles. The van der Waals surface area contributed by atoms with Crippen LogP contribution in [0.2, 0.25) is 0 Å². The van der Waals surface area contributed by atoms with Gasteiger partial charge in [-0.2, -0.15) is 0 Å². The number of benzene rings is 1. The van der Waals surface area contributed by atoms with E-state index in [1.54, 1.807) is 12.1 Å². The number of nitrogens with one attached hydrogen (secondary N) is 1. The Morgan fingerprint density at radius 1 is 1.47 bits per heavy atom. The monoisotopic (exact) mass is 237 g/mol. The minimum Gasteiger partial charge on any atom is -0.378 e. The van der Waals surface area contributed by atoms with Crippen molar-refractivity contribution in [2.24, 2.45) is 0 Å². The van der Waals surface area contributed by atoms with Gasteiger partial charge in [-0.1, -0.05) is 12.1 Å². The number of amides is 1. The standard InChI is InChI=1S/C13H16FNO2/c1-2-17-10-7-9(8-10)15-13(16)11-5-3-4-6-12(11)14/h3-6,9-10H,2,7-8H2,1H3,(H,15,16). The number of hydrogen-bond donors (Lipinski definition) is 1. The van der Waals surface area contributed by atoms with Crippen LogP contribution in [-0.4, -0.2) is 24.7 Å². The maximum atomic E-state index is 13.3. The summed E-state index contributed by atoms with van der Waals surface area (Å²) in [6.07, 6.45) is 1.87. The van der Waals surface area contributed by atoms with Crippen molar-refractivity contribution in [1.29, 1.82) is 0 Å². The molecule has 1 saturated carbocycles. The third kappa shape index (κ3) is 2.82. The molecule has 92 valence electrons. The van der Waals surface area contributed by atoms with E-state index in [2.05, 4.69) is 5.32 Å². The second-order valence-electron chi connectivity index (χ2n) is 4.20. The van der Waals surface area contributed by atoms with Crippen LogP contribution in [0.4, 0.5) is 4.39 Å². The van der Waals surface area contributed by atoms with Crippen LogP contribution in [0.25, 0.3) is 0 Å². The number of ether oxygens (including phenoxy) is 1. The van der Waals surface area contributed by atoms with Gasteiger partial charge in [-0.25, -0.2) is 4.39 Å². The Hall–Kier alpha value is -1.42. The molecule has 0 aliphatic heterocycles. The van der Waals surface area contributed by atoms with Crippen LogP contribution in [0.3, 0.4) is 0 Å². The van der Waals surface area contributed by atoms with Crippen molar-refractivity contribution in [3.05, 3.63) is 35.6 Å². The van der Waals surface area contributed by atoms with Crippen LogP contribution in [0, 0.1) is 5.82 Å². The molecule has 0 radical (unpaired) electrons. The fourth-order valence-corrected chi connectivity index (χ4v) is 1.96. The van der Waals surface area contributed by atoms with Crippen molar-refractivity contribution in [3.8, 4) is 0 Å². The van der Waals surface area contributed by atoms with Crippen molar-refractivity contribution < 1.29 is 13.9 Å². The molecule has 1 amide bonds. The van der Waals surface area contributed by atoms with E-state index in [-0.39, 0.29) is 23.6 Å². The Morgan fingerprint density at radius 3 is 2.82 bits per heavy atom. The van der Waals surface area contributed by atoms with E-state index in [0.717, 1.165) is 12.8 Å². The fraction of sp³-hybridized carbons (Fsp3) is 0.462. The smallest absolute Gasteiger partial charge is 0.254 e. The quantitative estimate of drug-likeness (QED) is 0.871. The zero-order valence-electron chi connectivity index (χ0n) is 9.78. The largest absolute Gasteiger partial charge is 0.378 e. The first kappa shape index (κ1) is 12.0. The van der Waals surface area contributed by atoms with Crippen LogP contribution in [-0.2, 0) is 4.74 Å². The van der Waals surface area contributed by atoms with Crippen LogP contribution >= 0.6 is 0 Å². The first-order valence-electron chi connectivity index (χ1n) is 5.87. The van der Waals surface area contributed by atoms with E-state index in [9.17, 15) is 9.18 Å². The third-order valence-corrected chi connectivity index (χ3v) is 2.95. The molecular formula is C13H16FNO2. The second kappa shape index (κ2) is 5.27. The molecule has 0 saturated heterocycles. The molecule has 0 spiro atoms. The Morgan fingerprint density at radius 2 is 2.18 bits per heavy atom. The molecule has 3 nitrogen and oxygen atoms in total. The second-order valence-corrected chi connectivity index (χ2v) is 4.20. The van der Waals surface area contributed by atoms with Gasteiger partial charge < -0.3 is 10.1 Å². The van der Waals surface area contributed by atoms with E-state index in [1.165, 1.54) is 12.1 Å². The highest BCUT2D eigenvalue weighted by atomic mass is 19.1. The average Bonchev–Trinajstić information content (AvgIpc) is 2.26. The summed E-state index contributed by atoms with van der Waals surface area (Å²) in [6.45, 7) is 2.64. The topological polar surface area (TPSA) is 38.3 Å². The highest BCUT2D eigenvalue weighted by molar-refractivity contribution is 5.94. The van der Waals surface area contributed by atoms with Gasteiger partial charge in [0.15, 0.2) is 0 Å². The Kier molecular flexibility index (Phi) is 3.74. The molecule has 17 heavy (non-hydrogen) atoms. The van der Waals surface area contributed by atoms with Gasteiger partial charge in [-0.3, -0.25) is 4.79 Å². The molecule has 0 bridgehead atoms. The van der Waals surface area contributed by atoms with Gasteiger partial charge in [0, 0.05) is 12.6 Å². The zero-order valence-corrected chi connectivity index (χ0v) is 9.78. The summed E-state index contributed by atoms with van der Waals surface area (Å²) in [7, 11) is 0. The van der Waals surface area contributed by atoms with Gasteiger partial charge in [0.1, 0.15) is 5.82 Å². The summed E-state index contributed by atoms with van der Waals surface area (Å²) in [5.41, 5.74) is 0.104. The maximum absolute atomic E-state index is 13.3. The van der Waals surface area contributed by atoms with E-state index in [4.69, 9.17) is 4.74 Å². The van der Waals surface area contributed by atoms with E-state index < -0.39 is 5.82 Å². The Labute approximate surface area is 100.0 Å². The molecule has 1 aliphatic rings. The molecule has 2 rings (SSSR count).